The zero-order chi connectivity index (χ0) is 27.1. The Labute approximate surface area is 244 Å². The number of aryl methyl sites for hydroxylation is 1. The summed E-state index contributed by atoms with van der Waals surface area (Å²) in [5.74, 6) is 0.512. The maximum atomic E-state index is 11.5. The van der Waals surface area contributed by atoms with Crippen molar-refractivity contribution in [2.24, 2.45) is 4.99 Å². The third-order valence-electron chi connectivity index (χ3n) is 7.61. The van der Waals surface area contributed by atoms with E-state index < -0.39 is 0 Å². The first-order valence-corrected chi connectivity index (χ1v) is 14.7. The van der Waals surface area contributed by atoms with Gasteiger partial charge in [-0.2, -0.15) is 0 Å². The maximum Gasteiger partial charge on any atom is 0.148 e. The monoisotopic (exact) mass is 645 g/mol. The summed E-state index contributed by atoms with van der Waals surface area (Å²) in [5, 5.41) is 24.3. The van der Waals surface area contributed by atoms with Crippen LogP contribution in [0.4, 0.5) is 0 Å². The largest absolute Gasteiger partial charge is 0.506 e. The quantitative estimate of drug-likeness (QED) is 0.183. The van der Waals surface area contributed by atoms with Crippen molar-refractivity contribution in [3.8, 4) is 17.2 Å². The lowest BCUT2D eigenvalue weighted by Crippen LogP contribution is -2.31. The molecule has 1 aromatic heterocycles. The number of phenols is 2. The molecular formula is C32H29Br2N3O2. The van der Waals surface area contributed by atoms with Crippen molar-refractivity contribution in [1.29, 1.82) is 0 Å². The number of fused-ring (bicyclic) bond motifs is 3. The van der Waals surface area contributed by atoms with Crippen molar-refractivity contribution in [2.45, 2.75) is 32.4 Å². The topological polar surface area (TPSA) is 61.0 Å². The minimum Gasteiger partial charge on any atom is -0.506 e. The van der Waals surface area contributed by atoms with Crippen LogP contribution in [0.2, 0.25) is 0 Å². The molecule has 1 aliphatic rings. The Hall–Kier alpha value is -3.13. The molecule has 0 bridgehead atoms. The van der Waals surface area contributed by atoms with Gasteiger partial charge in [-0.1, -0.05) is 52.3 Å². The third-order valence-corrected chi connectivity index (χ3v) is 8.67. The highest BCUT2D eigenvalue weighted by molar-refractivity contribution is 9.11. The van der Waals surface area contributed by atoms with Gasteiger partial charge in [-0.25, -0.2) is 0 Å². The van der Waals surface area contributed by atoms with Gasteiger partial charge in [0.2, 0.25) is 0 Å². The zero-order valence-electron chi connectivity index (χ0n) is 21.6. The van der Waals surface area contributed by atoms with Crippen LogP contribution >= 0.6 is 31.9 Å². The number of aliphatic imine (C=N–C) groups is 1. The molecule has 7 heteroatoms. The lowest BCUT2D eigenvalue weighted by atomic mass is 10.1. The van der Waals surface area contributed by atoms with Gasteiger partial charge in [-0.05, 0) is 84.2 Å². The van der Waals surface area contributed by atoms with Crippen molar-refractivity contribution in [3.05, 3.63) is 98.4 Å². The average Bonchev–Trinajstić information content (AvgIpc) is 3.50. The fraction of sp³-hybridized carbons (Fsp3) is 0.219. The number of phenolic OH excluding ortho intramolecular Hbond substituents is 2. The van der Waals surface area contributed by atoms with Crippen LogP contribution in [0.5, 0.6) is 11.5 Å². The normalized spacial score (nSPS) is 16.2. The van der Waals surface area contributed by atoms with Crippen molar-refractivity contribution >= 4 is 59.9 Å². The predicted octanol–water partition coefficient (Wildman–Crippen LogP) is 8.11. The molecule has 1 fully saturated rings. The van der Waals surface area contributed by atoms with Crippen LogP contribution in [-0.2, 0) is 6.54 Å². The number of aromatic hydroxyl groups is 2. The molecule has 1 atom stereocenters. The van der Waals surface area contributed by atoms with E-state index >= 15 is 0 Å². The molecule has 0 saturated carbocycles. The Morgan fingerprint density at radius 2 is 1.62 bits per heavy atom. The molecule has 2 heterocycles. The molecule has 0 aliphatic carbocycles. The first kappa shape index (κ1) is 26.1. The van der Waals surface area contributed by atoms with E-state index in [4.69, 9.17) is 4.99 Å². The molecule has 1 saturated heterocycles. The Morgan fingerprint density at radius 1 is 0.923 bits per heavy atom. The van der Waals surface area contributed by atoms with Crippen LogP contribution in [0.3, 0.4) is 0 Å². The van der Waals surface area contributed by atoms with Gasteiger partial charge >= 0.3 is 0 Å². The molecular weight excluding hydrogens is 618 g/mol. The van der Waals surface area contributed by atoms with Gasteiger partial charge in [0.15, 0.2) is 0 Å². The molecule has 6 rings (SSSR count). The molecule has 5 aromatic rings. The molecule has 2 N–H and O–H groups in total. The summed E-state index contributed by atoms with van der Waals surface area (Å²) < 4.78 is 3.77. The minimum atomic E-state index is 0.225. The van der Waals surface area contributed by atoms with E-state index in [1.807, 2.05) is 42.6 Å². The molecule has 0 spiro atoms. The average molecular weight is 647 g/mol. The number of hydrogen-bond donors (Lipinski definition) is 2. The van der Waals surface area contributed by atoms with Crippen LogP contribution in [0.25, 0.3) is 27.5 Å². The standard InChI is InChI=1S/C32H29Br2N3O2/c1-20-13-21(17-35-18-24-7-6-12-36(24)19-22-15-23(33)16-27(34)31(22)38)32(39)30(14-20)37-28-10-4-2-8-25(28)26-9-3-5-11-29(26)37/h2-5,8-11,13-17,24,38-39H,6-7,12,18-19H2,1H3. The summed E-state index contributed by atoms with van der Waals surface area (Å²) >= 11 is 6.97. The minimum absolute atomic E-state index is 0.225. The number of hydrogen-bond acceptors (Lipinski definition) is 4. The first-order valence-electron chi connectivity index (χ1n) is 13.1. The third kappa shape index (κ3) is 4.99. The van der Waals surface area contributed by atoms with Crippen molar-refractivity contribution in [2.75, 3.05) is 13.1 Å². The van der Waals surface area contributed by atoms with Crippen molar-refractivity contribution < 1.29 is 10.2 Å². The van der Waals surface area contributed by atoms with Gasteiger partial charge in [-0.15, -0.1) is 0 Å². The predicted molar refractivity (Wildman–Crippen MR) is 167 cm³/mol. The highest BCUT2D eigenvalue weighted by Gasteiger charge is 2.25. The zero-order valence-corrected chi connectivity index (χ0v) is 24.8. The van der Waals surface area contributed by atoms with Crippen molar-refractivity contribution in [1.82, 2.24) is 9.47 Å². The van der Waals surface area contributed by atoms with Gasteiger partial charge in [0.1, 0.15) is 11.5 Å². The molecule has 0 radical (unpaired) electrons. The van der Waals surface area contributed by atoms with Gasteiger partial charge in [0.25, 0.3) is 0 Å². The summed E-state index contributed by atoms with van der Waals surface area (Å²) in [6.07, 6.45) is 3.97. The number of rotatable bonds is 6. The summed E-state index contributed by atoms with van der Waals surface area (Å²) in [4.78, 5) is 7.18. The Morgan fingerprint density at radius 3 is 2.33 bits per heavy atom. The SMILES string of the molecule is Cc1cc(C=NCC2CCCN2Cc2cc(Br)cc(Br)c2O)c(O)c(-n2c3ccccc3c3ccccc32)c1. The van der Waals surface area contributed by atoms with E-state index in [0.717, 1.165) is 62.5 Å². The molecule has 1 unspecified atom stereocenters. The molecule has 39 heavy (non-hydrogen) atoms. The maximum absolute atomic E-state index is 11.5. The summed E-state index contributed by atoms with van der Waals surface area (Å²) in [6, 6.07) is 24.8. The molecule has 1 aliphatic heterocycles. The number of likely N-dealkylation sites (tertiary alicyclic amines) is 1. The van der Waals surface area contributed by atoms with Crippen LogP contribution in [0, 0.1) is 6.92 Å². The molecule has 0 amide bonds. The Bertz CT molecular complexity index is 1670. The van der Waals surface area contributed by atoms with E-state index in [1.54, 1.807) is 0 Å². The lowest BCUT2D eigenvalue weighted by molar-refractivity contribution is 0.247. The lowest BCUT2D eigenvalue weighted by Gasteiger charge is -2.24. The fourth-order valence-electron chi connectivity index (χ4n) is 5.78. The van der Waals surface area contributed by atoms with Gasteiger partial charge in [0.05, 0.1) is 27.7 Å². The second kappa shape index (κ2) is 10.8. The summed E-state index contributed by atoms with van der Waals surface area (Å²) in [7, 11) is 0. The number of benzene rings is 4. The number of halogens is 2. The van der Waals surface area contributed by atoms with Crippen LogP contribution < -0.4 is 0 Å². The van der Waals surface area contributed by atoms with Crippen LogP contribution in [0.15, 0.2) is 86.7 Å². The fourth-order valence-corrected chi connectivity index (χ4v) is 7.09. The van der Waals surface area contributed by atoms with E-state index in [0.29, 0.717) is 23.1 Å². The van der Waals surface area contributed by atoms with Crippen molar-refractivity contribution in [3.63, 3.8) is 0 Å². The molecule has 4 aromatic carbocycles. The Kier molecular flexibility index (Phi) is 7.23. The van der Waals surface area contributed by atoms with Crippen LogP contribution in [-0.4, -0.2) is 45.0 Å². The second-order valence-electron chi connectivity index (χ2n) is 10.2. The second-order valence-corrected chi connectivity index (χ2v) is 12.0. The van der Waals surface area contributed by atoms with E-state index in [2.05, 4.69) is 84.6 Å². The van der Waals surface area contributed by atoms with E-state index in [-0.39, 0.29) is 17.5 Å². The van der Waals surface area contributed by atoms with E-state index in [9.17, 15) is 10.2 Å². The van der Waals surface area contributed by atoms with E-state index in [1.165, 1.54) is 0 Å². The van der Waals surface area contributed by atoms with Crippen LogP contribution in [0.1, 0.15) is 29.5 Å². The summed E-state index contributed by atoms with van der Waals surface area (Å²) in [6.45, 7) is 4.32. The van der Waals surface area contributed by atoms with Gasteiger partial charge in [-0.3, -0.25) is 9.89 Å². The van der Waals surface area contributed by atoms with Gasteiger partial charge < -0.3 is 14.8 Å². The Balaban J connectivity index is 1.29. The molecule has 5 nitrogen and oxygen atoms in total. The highest BCUT2D eigenvalue weighted by Crippen LogP contribution is 2.37. The first-order chi connectivity index (χ1) is 18.9. The number of para-hydroxylation sites is 2. The summed E-state index contributed by atoms with van der Waals surface area (Å²) in [5.41, 5.74) is 5.54. The number of aromatic nitrogens is 1. The highest BCUT2D eigenvalue weighted by atomic mass is 79.9. The number of nitrogens with zero attached hydrogens (tertiary/aromatic N) is 3. The van der Waals surface area contributed by atoms with Gasteiger partial charge in [0, 0.05) is 45.2 Å². The molecule has 198 valence electrons. The smallest absolute Gasteiger partial charge is 0.148 e.